The van der Waals surface area contributed by atoms with E-state index in [1.54, 1.807) is 6.07 Å². The van der Waals surface area contributed by atoms with Gasteiger partial charge in [0, 0.05) is 12.1 Å². The number of halogens is 1. The van der Waals surface area contributed by atoms with Gasteiger partial charge in [0.2, 0.25) is 0 Å². The Balaban J connectivity index is 1.98. The van der Waals surface area contributed by atoms with Crippen molar-refractivity contribution < 1.29 is 9.13 Å². The Morgan fingerprint density at radius 2 is 1.86 bits per heavy atom. The molecule has 0 saturated carbocycles. The highest BCUT2D eigenvalue weighted by molar-refractivity contribution is 6.32. The molecule has 0 fully saturated rings. The van der Waals surface area contributed by atoms with Gasteiger partial charge < -0.3 is 9.64 Å². The largest absolute Gasteiger partial charge is 0.492 e. The minimum atomic E-state index is -0.447. The molecule has 2 aromatic carbocycles. The fraction of sp³-hybridized carbons (Fsp3) is 0.294. The highest BCUT2D eigenvalue weighted by Crippen LogP contribution is 2.13. The molecular formula is C17H19BFNO. The predicted octanol–water partition coefficient (Wildman–Crippen LogP) is 2.17. The van der Waals surface area contributed by atoms with Crippen molar-refractivity contribution in [3.05, 3.63) is 59.9 Å². The van der Waals surface area contributed by atoms with E-state index in [1.807, 2.05) is 32.3 Å². The number of nitrogens with zero attached hydrogens (tertiary/aromatic N) is 1. The summed E-state index contributed by atoms with van der Waals surface area (Å²) >= 11 is 0. The van der Waals surface area contributed by atoms with Crippen molar-refractivity contribution in [1.82, 2.24) is 4.90 Å². The lowest BCUT2D eigenvalue weighted by Crippen LogP contribution is -2.35. The quantitative estimate of drug-likeness (QED) is 0.753. The molecule has 0 N–H and O–H groups in total. The number of hydrogen-bond acceptors (Lipinski definition) is 2. The lowest BCUT2D eigenvalue weighted by atomic mass is 9.96. The summed E-state index contributed by atoms with van der Waals surface area (Å²) in [5.74, 6) is 0.0542. The van der Waals surface area contributed by atoms with Crippen molar-refractivity contribution in [1.29, 1.82) is 0 Å². The zero-order valence-corrected chi connectivity index (χ0v) is 12.4. The molecule has 1 atom stereocenters. The average Bonchev–Trinajstić information content (AvgIpc) is 2.47. The molecule has 0 bridgehead atoms. The molecule has 2 radical (unpaired) electrons. The molecule has 108 valence electrons. The Morgan fingerprint density at radius 3 is 2.48 bits per heavy atom. The van der Waals surface area contributed by atoms with Crippen LogP contribution < -0.4 is 10.2 Å². The van der Waals surface area contributed by atoms with Gasteiger partial charge in [0.1, 0.15) is 26.0 Å². The number of ether oxygens (including phenoxy) is 1. The Hall–Kier alpha value is -1.81. The van der Waals surface area contributed by atoms with Gasteiger partial charge in [0.15, 0.2) is 0 Å². The van der Waals surface area contributed by atoms with Crippen LogP contribution in [0.2, 0.25) is 0 Å². The van der Waals surface area contributed by atoms with Gasteiger partial charge in [-0.2, -0.15) is 0 Å². The second-order valence-corrected chi connectivity index (χ2v) is 5.30. The highest BCUT2D eigenvalue weighted by atomic mass is 19.1. The lowest BCUT2D eigenvalue weighted by molar-refractivity contribution is 0.184. The van der Waals surface area contributed by atoms with Gasteiger partial charge in [-0.3, -0.25) is 0 Å². The van der Waals surface area contributed by atoms with Crippen LogP contribution in [-0.4, -0.2) is 39.5 Å². The van der Waals surface area contributed by atoms with E-state index in [2.05, 4.69) is 17.0 Å². The van der Waals surface area contributed by atoms with Crippen LogP contribution in [-0.2, 0) is 6.42 Å². The highest BCUT2D eigenvalue weighted by Gasteiger charge is 2.13. The third kappa shape index (κ3) is 4.60. The Labute approximate surface area is 127 Å². The fourth-order valence-corrected chi connectivity index (χ4v) is 2.07. The first-order chi connectivity index (χ1) is 10.1. The van der Waals surface area contributed by atoms with Crippen LogP contribution in [0.5, 0.6) is 5.75 Å². The smallest absolute Gasteiger partial charge is 0.122 e. The van der Waals surface area contributed by atoms with E-state index < -0.39 is 5.82 Å². The van der Waals surface area contributed by atoms with E-state index in [0.717, 1.165) is 6.42 Å². The van der Waals surface area contributed by atoms with Crippen LogP contribution in [0.4, 0.5) is 4.39 Å². The van der Waals surface area contributed by atoms with Crippen molar-refractivity contribution >= 4 is 13.3 Å². The Morgan fingerprint density at radius 1 is 1.14 bits per heavy atom. The second-order valence-electron chi connectivity index (χ2n) is 5.30. The minimum Gasteiger partial charge on any atom is -0.492 e. The van der Waals surface area contributed by atoms with E-state index in [-0.39, 0.29) is 11.5 Å². The summed E-state index contributed by atoms with van der Waals surface area (Å²) in [6.45, 7) is 0.491. The van der Waals surface area contributed by atoms with E-state index in [1.165, 1.54) is 17.7 Å². The molecule has 0 spiro atoms. The third-order valence-corrected chi connectivity index (χ3v) is 3.46. The number of rotatable bonds is 6. The summed E-state index contributed by atoms with van der Waals surface area (Å²) in [6, 6.07) is 15.0. The zero-order chi connectivity index (χ0) is 15.2. The molecule has 0 aliphatic heterocycles. The number of likely N-dealkylation sites (N-methyl/N-ethyl adjacent to an activating group) is 1. The standard InChI is InChI=1S/C17H19BFNO/c1-20(2)14(10-13-6-4-3-5-7-13)12-21-15-8-9-16(18)17(19)11-15/h3-9,11,14H,10,12H2,1-2H3/t14-/m0/s1. The maximum Gasteiger partial charge on any atom is 0.122 e. The topological polar surface area (TPSA) is 12.5 Å². The molecule has 2 nitrogen and oxygen atoms in total. The first-order valence-corrected chi connectivity index (χ1v) is 6.94. The van der Waals surface area contributed by atoms with E-state index in [0.29, 0.717) is 12.4 Å². The molecule has 0 heterocycles. The fourth-order valence-electron chi connectivity index (χ4n) is 2.07. The molecule has 0 aromatic heterocycles. The summed E-state index contributed by atoms with van der Waals surface area (Å²) in [7, 11) is 9.49. The van der Waals surface area contributed by atoms with Gasteiger partial charge in [0.05, 0.1) is 0 Å². The van der Waals surface area contributed by atoms with Crippen LogP contribution >= 0.6 is 0 Å². The molecule has 0 aliphatic rings. The van der Waals surface area contributed by atoms with Crippen LogP contribution in [0.1, 0.15) is 5.56 Å². The number of benzene rings is 2. The van der Waals surface area contributed by atoms with Crippen molar-refractivity contribution in [3.8, 4) is 5.75 Å². The Kier molecular flexibility index (Phi) is 5.40. The van der Waals surface area contributed by atoms with Crippen LogP contribution in [0.25, 0.3) is 0 Å². The molecule has 2 rings (SSSR count). The van der Waals surface area contributed by atoms with Gasteiger partial charge in [-0.05, 0) is 32.1 Å². The normalized spacial score (nSPS) is 12.4. The Bertz CT molecular complexity index is 574. The minimum absolute atomic E-state index is 0.135. The predicted molar refractivity (Wildman–Crippen MR) is 84.9 cm³/mol. The maximum atomic E-state index is 13.4. The van der Waals surface area contributed by atoms with E-state index in [9.17, 15) is 4.39 Å². The van der Waals surface area contributed by atoms with Gasteiger partial charge in [-0.25, -0.2) is 4.39 Å². The molecule has 21 heavy (non-hydrogen) atoms. The third-order valence-electron chi connectivity index (χ3n) is 3.46. The number of hydrogen-bond donors (Lipinski definition) is 0. The average molecular weight is 283 g/mol. The molecule has 0 aliphatic carbocycles. The summed E-state index contributed by atoms with van der Waals surface area (Å²) in [5.41, 5.74) is 1.39. The summed E-state index contributed by atoms with van der Waals surface area (Å²) in [5, 5.41) is 0. The van der Waals surface area contributed by atoms with Gasteiger partial charge in [0.25, 0.3) is 0 Å². The van der Waals surface area contributed by atoms with Crippen LogP contribution in [0.15, 0.2) is 48.5 Å². The first-order valence-electron chi connectivity index (χ1n) is 6.94. The van der Waals surface area contributed by atoms with E-state index in [4.69, 9.17) is 12.6 Å². The summed E-state index contributed by atoms with van der Waals surface area (Å²) in [4.78, 5) is 2.11. The van der Waals surface area contributed by atoms with Crippen molar-refractivity contribution in [3.63, 3.8) is 0 Å². The molecule has 0 unspecified atom stereocenters. The van der Waals surface area contributed by atoms with Crippen molar-refractivity contribution in [2.75, 3.05) is 20.7 Å². The lowest BCUT2D eigenvalue weighted by Gasteiger charge is -2.24. The summed E-state index contributed by atoms with van der Waals surface area (Å²) < 4.78 is 19.1. The monoisotopic (exact) mass is 283 g/mol. The molecule has 0 amide bonds. The molecule has 0 saturated heterocycles. The van der Waals surface area contributed by atoms with Gasteiger partial charge in [-0.1, -0.05) is 41.9 Å². The summed E-state index contributed by atoms with van der Waals surface area (Å²) in [6.07, 6.45) is 0.880. The van der Waals surface area contributed by atoms with E-state index >= 15 is 0 Å². The van der Waals surface area contributed by atoms with Crippen molar-refractivity contribution in [2.45, 2.75) is 12.5 Å². The van der Waals surface area contributed by atoms with Crippen molar-refractivity contribution in [2.24, 2.45) is 0 Å². The molecular weight excluding hydrogens is 264 g/mol. The van der Waals surface area contributed by atoms with Gasteiger partial charge >= 0.3 is 0 Å². The SMILES string of the molecule is [B]c1ccc(OC[C@H](Cc2ccccc2)N(C)C)cc1F. The van der Waals surface area contributed by atoms with Crippen LogP contribution in [0, 0.1) is 5.82 Å². The van der Waals surface area contributed by atoms with Gasteiger partial charge in [-0.15, -0.1) is 0 Å². The molecule has 2 aromatic rings. The van der Waals surface area contributed by atoms with Crippen LogP contribution in [0.3, 0.4) is 0 Å². The molecule has 4 heteroatoms. The first kappa shape index (κ1) is 15.6. The second kappa shape index (κ2) is 7.27. The zero-order valence-electron chi connectivity index (χ0n) is 12.4. The maximum absolute atomic E-state index is 13.4.